The van der Waals surface area contributed by atoms with Crippen LogP contribution in [-0.2, 0) is 21.4 Å². The minimum Gasteiger partial charge on any atom is -0.492 e. The summed E-state index contributed by atoms with van der Waals surface area (Å²) in [5.74, 6) is 0.835. The number of sulfonamides is 1. The number of carbonyl (C=O) groups excluding carboxylic acids is 2. The number of carbonyl (C=O) groups is 2. The number of thioether (sulfide) groups is 1. The predicted octanol–water partition coefficient (Wildman–Crippen LogP) is 3.52. The normalized spacial score (nSPS) is 15.7. The van der Waals surface area contributed by atoms with Gasteiger partial charge in [-0.1, -0.05) is 42.5 Å². The first-order valence-corrected chi connectivity index (χ1v) is 14.2. The van der Waals surface area contributed by atoms with Crippen molar-refractivity contribution in [2.24, 2.45) is 0 Å². The molecule has 0 aromatic heterocycles. The van der Waals surface area contributed by atoms with E-state index in [0.717, 1.165) is 15.4 Å². The fraction of sp³-hybridized carbons (Fsp3) is 0.259. The highest BCUT2D eigenvalue weighted by Crippen LogP contribution is 2.39. The summed E-state index contributed by atoms with van der Waals surface area (Å²) in [7, 11) is -0.535. The van der Waals surface area contributed by atoms with Crippen LogP contribution in [0.25, 0.3) is 0 Å². The largest absolute Gasteiger partial charge is 0.492 e. The molecule has 8 nitrogen and oxygen atoms in total. The van der Waals surface area contributed by atoms with Crippen molar-refractivity contribution in [1.82, 2.24) is 14.5 Å². The van der Waals surface area contributed by atoms with Crippen LogP contribution in [0.15, 0.2) is 83.8 Å². The van der Waals surface area contributed by atoms with E-state index < -0.39 is 10.0 Å². The Labute approximate surface area is 221 Å². The lowest BCUT2D eigenvalue weighted by Gasteiger charge is -2.24. The number of nitrogens with zero attached hydrogens (tertiary/aromatic N) is 2. The molecule has 1 fully saturated rings. The molecule has 10 heteroatoms. The second kappa shape index (κ2) is 11.8. The summed E-state index contributed by atoms with van der Waals surface area (Å²) in [4.78, 5) is 27.1. The van der Waals surface area contributed by atoms with Gasteiger partial charge in [-0.05, 0) is 47.5 Å². The highest BCUT2D eigenvalue weighted by Gasteiger charge is 2.32. The molecule has 0 saturated carbocycles. The molecular weight excluding hydrogens is 510 g/mol. The zero-order chi connectivity index (χ0) is 26.4. The van der Waals surface area contributed by atoms with Gasteiger partial charge in [0.05, 0.1) is 17.2 Å². The molecule has 1 saturated heterocycles. The van der Waals surface area contributed by atoms with Gasteiger partial charge >= 0.3 is 0 Å². The molecule has 0 spiro atoms. The molecule has 1 heterocycles. The Balaban J connectivity index is 1.27. The van der Waals surface area contributed by atoms with Crippen molar-refractivity contribution in [3.8, 4) is 5.75 Å². The number of hydrogen-bond acceptors (Lipinski definition) is 6. The zero-order valence-corrected chi connectivity index (χ0v) is 22.3. The average molecular weight is 540 g/mol. The van der Waals surface area contributed by atoms with E-state index in [9.17, 15) is 18.0 Å². The van der Waals surface area contributed by atoms with Gasteiger partial charge in [0.15, 0.2) is 0 Å². The summed E-state index contributed by atoms with van der Waals surface area (Å²) in [6, 6.07) is 23.4. The highest BCUT2D eigenvalue weighted by atomic mass is 32.2. The molecule has 3 aromatic rings. The van der Waals surface area contributed by atoms with E-state index in [1.54, 1.807) is 36.0 Å². The van der Waals surface area contributed by atoms with Crippen molar-refractivity contribution in [2.45, 2.75) is 16.8 Å². The number of nitrogens with one attached hydrogen (secondary N) is 1. The molecule has 2 amide bonds. The van der Waals surface area contributed by atoms with Crippen LogP contribution in [0.2, 0.25) is 0 Å². The molecule has 194 valence electrons. The molecule has 37 heavy (non-hydrogen) atoms. The molecule has 1 aliphatic rings. The molecule has 1 unspecified atom stereocenters. The van der Waals surface area contributed by atoms with E-state index in [-0.39, 0.29) is 35.2 Å². The SMILES string of the molecule is CN(C)S(=O)(=O)c1ccc(OCCNC(=O)c2ccc(C3SCC(=O)N3Cc3ccccc3)cc2)cc1. The third kappa shape index (κ3) is 6.51. The standard InChI is InChI=1S/C27H29N3O5S2/c1-29(2)37(33,34)24-14-12-23(13-15-24)35-17-16-28-26(32)21-8-10-22(11-9-21)27-30(25(31)19-36-27)18-20-6-4-3-5-7-20/h3-15,27H,16-19H2,1-2H3,(H,28,32). The van der Waals surface area contributed by atoms with Gasteiger partial charge in [-0.15, -0.1) is 11.8 Å². The van der Waals surface area contributed by atoms with Crippen LogP contribution in [-0.4, -0.2) is 62.4 Å². The minimum absolute atomic E-state index is 0.0858. The Morgan fingerprint density at radius 3 is 2.35 bits per heavy atom. The van der Waals surface area contributed by atoms with Crippen molar-refractivity contribution in [2.75, 3.05) is 33.0 Å². The van der Waals surface area contributed by atoms with E-state index in [1.165, 1.54) is 26.2 Å². The number of ether oxygens (including phenoxy) is 1. The minimum atomic E-state index is -3.49. The van der Waals surface area contributed by atoms with Crippen molar-refractivity contribution in [3.05, 3.63) is 95.6 Å². The second-order valence-corrected chi connectivity index (χ2v) is 11.9. The molecule has 1 N–H and O–H groups in total. The molecule has 3 aromatic carbocycles. The van der Waals surface area contributed by atoms with E-state index in [1.807, 2.05) is 47.4 Å². The Morgan fingerprint density at radius 1 is 1.03 bits per heavy atom. The topological polar surface area (TPSA) is 96.0 Å². The molecule has 0 radical (unpaired) electrons. The van der Waals surface area contributed by atoms with Crippen molar-refractivity contribution < 1.29 is 22.7 Å². The first-order chi connectivity index (χ1) is 17.8. The maximum Gasteiger partial charge on any atom is 0.251 e. The van der Waals surface area contributed by atoms with Gasteiger partial charge in [0.1, 0.15) is 17.7 Å². The first kappa shape index (κ1) is 26.7. The van der Waals surface area contributed by atoms with Gasteiger partial charge in [0.2, 0.25) is 15.9 Å². The number of hydrogen-bond donors (Lipinski definition) is 1. The molecule has 4 rings (SSSR count). The summed E-state index contributed by atoms with van der Waals surface area (Å²) in [5.41, 5.74) is 2.58. The van der Waals surface area contributed by atoms with Crippen molar-refractivity contribution >= 4 is 33.6 Å². The monoisotopic (exact) mass is 539 g/mol. The van der Waals surface area contributed by atoms with Crippen molar-refractivity contribution in [3.63, 3.8) is 0 Å². The number of benzene rings is 3. The fourth-order valence-electron chi connectivity index (χ4n) is 3.83. The summed E-state index contributed by atoms with van der Waals surface area (Å²) in [6.45, 7) is 1.07. The van der Waals surface area contributed by atoms with Crippen LogP contribution >= 0.6 is 11.8 Å². The van der Waals surface area contributed by atoms with E-state index in [4.69, 9.17) is 4.74 Å². The number of amides is 2. The lowest BCUT2D eigenvalue weighted by molar-refractivity contribution is -0.128. The van der Waals surface area contributed by atoms with Gasteiger partial charge in [-0.2, -0.15) is 0 Å². The second-order valence-electron chi connectivity index (χ2n) is 8.66. The van der Waals surface area contributed by atoms with Crippen LogP contribution in [0, 0.1) is 0 Å². The molecule has 1 atom stereocenters. The maximum absolute atomic E-state index is 12.6. The van der Waals surface area contributed by atoms with Crippen molar-refractivity contribution in [1.29, 1.82) is 0 Å². The Bertz CT molecular complexity index is 1330. The zero-order valence-electron chi connectivity index (χ0n) is 20.7. The summed E-state index contributed by atoms with van der Waals surface area (Å²) >= 11 is 1.59. The molecule has 0 aliphatic carbocycles. The molecule has 0 bridgehead atoms. The summed E-state index contributed by atoms with van der Waals surface area (Å²) in [6.07, 6.45) is 0. The quantitative estimate of drug-likeness (QED) is 0.396. The lowest BCUT2D eigenvalue weighted by Crippen LogP contribution is -2.28. The molecule has 1 aliphatic heterocycles. The van der Waals surface area contributed by atoms with E-state index in [2.05, 4.69) is 5.32 Å². The maximum atomic E-state index is 12.6. The first-order valence-electron chi connectivity index (χ1n) is 11.7. The van der Waals surface area contributed by atoms with Crippen LogP contribution < -0.4 is 10.1 Å². The smallest absolute Gasteiger partial charge is 0.251 e. The molecular formula is C27H29N3O5S2. The average Bonchev–Trinajstić information content (AvgIpc) is 3.27. The van der Waals surface area contributed by atoms with Gasteiger partial charge in [0, 0.05) is 26.2 Å². The van der Waals surface area contributed by atoms with Gasteiger partial charge in [0.25, 0.3) is 5.91 Å². The van der Waals surface area contributed by atoms with Gasteiger partial charge in [-0.25, -0.2) is 12.7 Å². The van der Waals surface area contributed by atoms with E-state index in [0.29, 0.717) is 23.6 Å². The third-order valence-corrected chi connectivity index (χ3v) is 8.97. The van der Waals surface area contributed by atoms with Crippen LogP contribution in [0.5, 0.6) is 5.75 Å². The lowest BCUT2D eigenvalue weighted by atomic mass is 10.1. The fourth-order valence-corrected chi connectivity index (χ4v) is 5.92. The van der Waals surface area contributed by atoms with Crippen LogP contribution in [0.1, 0.15) is 26.9 Å². The summed E-state index contributed by atoms with van der Waals surface area (Å²) < 4.78 is 31.0. The van der Waals surface area contributed by atoms with Crippen LogP contribution in [0.4, 0.5) is 0 Å². The van der Waals surface area contributed by atoms with E-state index >= 15 is 0 Å². The summed E-state index contributed by atoms with van der Waals surface area (Å²) in [5, 5.41) is 2.74. The Kier molecular flexibility index (Phi) is 8.52. The third-order valence-electron chi connectivity index (χ3n) is 5.88. The Hall–Kier alpha value is -3.34. The number of rotatable bonds is 10. The van der Waals surface area contributed by atoms with Gasteiger partial charge in [-0.3, -0.25) is 9.59 Å². The predicted molar refractivity (Wildman–Crippen MR) is 144 cm³/mol. The van der Waals surface area contributed by atoms with Gasteiger partial charge < -0.3 is 15.0 Å². The Morgan fingerprint density at radius 2 is 1.70 bits per heavy atom. The van der Waals surface area contributed by atoms with Crippen LogP contribution in [0.3, 0.4) is 0 Å². The highest BCUT2D eigenvalue weighted by molar-refractivity contribution is 8.00.